The third-order valence-corrected chi connectivity index (χ3v) is 3.68. The van der Waals surface area contributed by atoms with Crippen LogP contribution >= 0.6 is 0 Å². The van der Waals surface area contributed by atoms with Crippen molar-refractivity contribution in [1.29, 1.82) is 0 Å². The highest BCUT2D eigenvalue weighted by molar-refractivity contribution is 5.79. The van der Waals surface area contributed by atoms with E-state index in [4.69, 9.17) is 4.74 Å². The maximum Gasteiger partial charge on any atom is 0.227 e. The van der Waals surface area contributed by atoms with Crippen LogP contribution in [0.3, 0.4) is 0 Å². The number of amides is 1. The number of piperazine rings is 1. The quantitative estimate of drug-likeness (QED) is 0.823. The van der Waals surface area contributed by atoms with Gasteiger partial charge in [-0.1, -0.05) is 12.1 Å². The molecular formula is C15H22N2O2. The number of carbonyl (C=O) groups is 1. The Hall–Kier alpha value is -1.55. The highest BCUT2D eigenvalue weighted by Gasteiger charge is 2.19. The van der Waals surface area contributed by atoms with Crippen molar-refractivity contribution in [3.8, 4) is 5.75 Å². The molecule has 4 nitrogen and oxygen atoms in total. The van der Waals surface area contributed by atoms with Crippen LogP contribution in [-0.4, -0.2) is 56.0 Å². The first-order chi connectivity index (χ1) is 9.10. The molecule has 0 spiro atoms. The summed E-state index contributed by atoms with van der Waals surface area (Å²) in [5.74, 6) is 1.06. The van der Waals surface area contributed by atoms with E-state index < -0.39 is 0 Å². The Bertz CT molecular complexity index is 451. The van der Waals surface area contributed by atoms with Gasteiger partial charge in [-0.3, -0.25) is 4.79 Å². The van der Waals surface area contributed by atoms with Gasteiger partial charge in [0.1, 0.15) is 5.75 Å². The molecule has 4 heteroatoms. The van der Waals surface area contributed by atoms with E-state index in [9.17, 15) is 4.79 Å². The van der Waals surface area contributed by atoms with Crippen LogP contribution in [0.25, 0.3) is 0 Å². The van der Waals surface area contributed by atoms with Crippen LogP contribution < -0.4 is 4.74 Å². The maximum atomic E-state index is 12.2. The number of aryl methyl sites for hydroxylation is 1. The average Bonchev–Trinajstić information content (AvgIpc) is 2.41. The molecule has 0 aromatic heterocycles. The number of methoxy groups -OCH3 is 1. The van der Waals surface area contributed by atoms with Crippen molar-refractivity contribution in [2.45, 2.75) is 13.3 Å². The van der Waals surface area contributed by atoms with Crippen LogP contribution in [0.15, 0.2) is 18.2 Å². The number of hydrogen-bond donors (Lipinski definition) is 0. The topological polar surface area (TPSA) is 32.8 Å². The molecule has 0 N–H and O–H groups in total. The molecule has 0 radical (unpaired) electrons. The van der Waals surface area contributed by atoms with Crippen LogP contribution in [0.5, 0.6) is 5.75 Å². The predicted octanol–water partition coefficient (Wildman–Crippen LogP) is 1.32. The average molecular weight is 262 g/mol. The standard InChI is InChI=1S/C15H22N2O2/c1-12-4-5-13(10-14(12)19-3)11-15(18)17-8-6-16(2)7-9-17/h4-5,10H,6-9,11H2,1-3H3. The summed E-state index contributed by atoms with van der Waals surface area (Å²) in [7, 11) is 3.75. The van der Waals surface area contributed by atoms with Gasteiger partial charge in [0.2, 0.25) is 5.91 Å². The Kier molecular flexibility index (Phi) is 4.43. The molecule has 1 fully saturated rings. The molecule has 2 rings (SSSR count). The second-order valence-corrected chi connectivity index (χ2v) is 5.16. The third-order valence-electron chi connectivity index (χ3n) is 3.68. The molecule has 1 aliphatic rings. The second-order valence-electron chi connectivity index (χ2n) is 5.16. The fourth-order valence-electron chi connectivity index (χ4n) is 2.32. The van der Waals surface area contributed by atoms with Gasteiger partial charge in [-0.2, -0.15) is 0 Å². The van der Waals surface area contributed by atoms with Crippen molar-refractivity contribution in [3.05, 3.63) is 29.3 Å². The monoisotopic (exact) mass is 262 g/mol. The first-order valence-corrected chi connectivity index (χ1v) is 6.70. The van der Waals surface area contributed by atoms with E-state index in [1.807, 2.05) is 30.0 Å². The van der Waals surface area contributed by atoms with Crippen LogP contribution in [0, 0.1) is 6.92 Å². The van der Waals surface area contributed by atoms with E-state index in [0.717, 1.165) is 43.1 Å². The smallest absolute Gasteiger partial charge is 0.227 e. The second kappa shape index (κ2) is 6.06. The Morgan fingerprint density at radius 1 is 1.26 bits per heavy atom. The third kappa shape index (κ3) is 3.47. The summed E-state index contributed by atoms with van der Waals surface area (Å²) in [6, 6.07) is 5.97. The molecule has 104 valence electrons. The van der Waals surface area contributed by atoms with Crippen molar-refractivity contribution in [3.63, 3.8) is 0 Å². The van der Waals surface area contributed by atoms with Crippen molar-refractivity contribution >= 4 is 5.91 Å². The van der Waals surface area contributed by atoms with Crippen molar-refractivity contribution in [2.24, 2.45) is 0 Å². The molecule has 1 aliphatic heterocycles. The number of carbonyl (C=O) groups excluding carboxylic acids is 1. The van der Waals surface area contributed by atoms with E-state index in [-0.39, 0.29) is 5.91 Å². The van der Waals surface area contributed by atoms with Gasteiger partial charge in [-0.15, -0.1) is 0 Å². The molecule has 1 saturated heterocycles. The molecule has 0 atom stereocenters. The van der Waals surface area contributed by atoms with Gasteiger partial charge >= 0.3 is 0 Å². The summed E-state index contributed by atoms with van der Waals surface area (Å²) in [4.78, 5) is 16.4. The lowest BCUT2D eigenvalue weighted by Gasteiger charge is -2.32. The zero-order valence-electron chi connectivity index (χ0n) is 12.0. The molecule has 1 heterocycles. The van der Waals surface area contributed by atoms with E-state index in [1.165, 1.54) is 0 Å². The lowest BCUT2D eigenvalue weighted by Crippen LogP contribution is -2.47. The minimum Gasteiger partial charge on any atom is -0.496 e. The zero-order valence-corrected chi connectivity index (χ0v) is 12.0. The summed E-state index contributed by atoms with van der Waals surface area (Å²) in [5.41, 5.74) is 2.12. The molecule has 1 aromatic carbocycles. The molecule has 0 aliphatic carbocycles. The van der Waals surface area contributed by atoms with Gasteiger partial charge in [-0.25, -0.2) is 0 Å². The first-order valence-electron chi connectivity index (χ1n) is 6.70. The summed E-state index contributed by atoms with van der Waals surface area (Å²) in [6.45, 7) is 5.59. The van der Waals surface area contributed by atoms with Crippen LogP contribution in [0.2, 0.25) is 0 Å². The van der Waals surface area contributed by atoms with Gasteiger partial charge < -0.3 is 14.5 Å². The summed E-state index contributed by atoms with van der Waals surface area (Å²) in [6.07, 6.45) is 0.459. The van der Waals surface area contributed by atoms with E-state index in [2.05, 4.69) is 11.9 Å². The Labute approximate surface area is 115 Å². The lowest BCUT2D eigenvalue weighted by atomic mass is 10.1. The van der Waals surface area contributed by atoms with Gasteiger partial charge in [0.25, 0.3) is 0 Å². The van der Waals surface area contributed by atoms with Crippen LogP contribution in [0.1, 0.15) is 11.1 Å². The van der Waals surface area contributed by atoms with E-state index in [1.54, 1.807) is 7.11 Å². The normalized spacial score (nSPS) is 16.5. The Balaban J connectivity index is 1.98. The van der Waals surface area contributed by atoms with Crippen molar-refractivity contribution < 1.29 is 9.53 Å². The highest BCUT2D eigenvalue weighted by atomic mass is 16.5. The fourth-order valence-corrected chi connectivity index (χ4v) is 2.32. The molecule has 1 aromatic rings. The summed E-state index contributed by atoms with van der Waals surface area (Å²) in [5, 5.41) is 0. The molecule has 0 unspecified atom stereocenters. The fraction of sp³-hybridized carbons (Fsp3) is 0.533. The SMILES string of the molecule is COc1cc(CC(=O)N2CCN(C)CC2)ccc1C. The molecular weight excluding hydrogens is 240 g/mol. The molecule has 0 bridgehead atoms. The summed E-state index contributed by atoms with van der Waals surface area (Å²) >= 11 is 0. The maximum absolute atomic E-state index is 12.2. The zero-order chi connectivity index (χ0) is 13.8. The first kappa shape index (κ1) is 13.9. The summed E-state index contributed by atoms with van der Waals surface area (Å²) < 4.78 is 5.30. The molecule has 0 saturated carbocycles. The van der Waals surface area contributed by atoms with Crippen LogP contribution in [-0.2, 0) is 11.2 Å². The van der Waals surface area contributed by atoms with Crippen molar-refractivity contribution in [1.82, 2.24) is 9.80 Å². The minimum atomic E-state index is 0.207. The number of rotatable bonds is 3. The van der Waals surface area contributed by atoms with Gasteiger partial charge in [0, 0.05) is 26.2 Å². The number of hydrogen-bond acceptors (Lipinski definition) is 3. The molecule has 1 amide bonds. The van der Waals surface area contributed by atoms with E-state index in [0.29, 0.717) is 6.42 Å². The molecule has 19 heavy (non-hydrogen) atoms. The van der Waals surface area contributed by atoms with Crippen molar-refractivity contribution in [2.75, 3.05) is 40.3 Å². The van der Waals surface area contributed by atoms with Gasteiger partial charge in [0.15, 0.2) is 0 Å². The number of benzene rings is 1. The Morgan fingerprint density at radius 2 is 1.95 bits per heavy atom. The van der Waals surface area contributed by atoms with Gasteiger partial charge in [0.05, 0.1) is 13.5 Å². The number of nitrogens with zero attached hydrogens (tertiary/aromatic N) is 2. The van der Waals surface area contributed by atoms with Crippen LogP contribution in [0.4, 0.5) is 0 Å². The Morgan fingerprint density at radius 3 is 2.58 bits per heavy atom. The number of likely N-dealkylation sites (N-methyl/N-ethyl adjacent to an activating group) is 1. The minimum absolute atomic E-state index is 0.207. The largest absolute Gasteiger partial charge is 0.496 e. The number of ether oxygens (including phenoxy) is 1. The van der Waals surface area contributed by atoms with E-state index >= 15 is 0 Å². The predicted molar refractivity (Wildman–Crippen MR) is 75.5 cm³/mol. The highest BCUT2D eigenvalue weighted by Crippen LogP contribution is 2.19. The van der Waals surface area contributed by atoms with Gasteiger partial charge in [-0.05, 0) is 31.2 Å². The lowest BCUT2D eigenvalue weighted by molar-refractivity contribution is -0.132.